The maximum Gasteiger partial charge on any atom is 0.267 e. The van der Waals surface area contributed by atoms with Crippen LogP contribution in [0.1, 0.15) is 36.7 Å². The van der Waals surface area contributed by atoms with Crippen LogP contribution < -0.4 is 5.32 Å². The van der Waals surface area contributed by atoms with Crippen molar-refractivity contribution in [3.05, 3.63) is 22.4 Å². The van der Waals surface area contributed by atoms with Crippen molar-refractivity contribution in [1.82, 2.24) is 9.88 Å². The molecule has 1 aromatic heterocycles. The molecule has 0 bridgehead atoms. The van der Waals surface area contributed by atoms with E-state index in [4.69, 9.17) is 9.47 Å². The van der Waals surface area contributed by atoms with Gasteiger partial charge in [0, 0.05) is 37.0 Å². The highest BCUT2D eigenvalue weighted by Crippen LogP contribution is 2.15. The molecule has 0 aliphatic carbocycles. The van der Waals surface area contributed by atoms with Gasteiger partial charge in [0.05, 0.1) is 12.7 Å². The van der Waals surface area contributed by atoms with Crippen molar-refractivity contribution in [2.75, 3.05) is 26.4 Å². The van der Waals surface area contributed by atoms with Gasteiger partial charge in [0.2, 0.25) is 0 Å². The van der Waals surface area contributed by atoms with Gasteiger partial charge in [0.25, 0.3) is 5.91 Å². The van der Waals surface area contributed by atoms with Gasteiger partial charge in [0.15, 0.2) is 0 Å². The van der Waals surface area contributed by atoms with E-state index in [1.165, 1.54) is 0 Å². The maximum absolute atomic E-state index is 12.1. The standard InChI is InChI=1S/C15H23BrN2O3/c1-2-18-10-12(16)9-14(18)15(19)17-6-4-7-20-11-13-5-3-8-21-13/h9-10,13H,2-8,11H2,1H3,(H,17,19). The molecule has 118 valence electrons. The summed E-state index contributed by atoms with van der Waals surface area (Å²) in [6.07, 6.45) is 5.23. The molecule has 0 spiro atoms. The second-order valence-corrected chi connectivity index (χ2v) is 6.06. The van der Waals surface area contributed by atoms with Crippen LogP contribution in [0.15, 0.2) is 16.7 Å². The molecule has 21 heavy (non-hydrogen) atoms. The van der Waals surface area contributed by atoms with E-state index in [2.05, 4.69) is 21.2 Å². The van der Waals surface area contributed by atoms with E-state index in [1.54, 1.807) is 0 Å². The average molecular weight is 359 g/mol. The van der Waals surface area contributed by atoms with Crippen molar-refractivity contribution in [3.8, 4) is 0 Å². The Hall–Kier alpha value is -0.850. The largest absolute Gasteiger partial charge is 0.379 e. The molecule has 1 unspecified atom stereocenters. The molecular weight excluding hydrogens is 336 g/mol. The summed E-state index contributed by atoms with van der Waals surface area (Å²) in [4.78, 5) is 12.1. The number of aromatic nitrogens is 1. The molecule has 0 aromatic carbocycles. The zero-order valence-corrected chi connectivity index (χ0v) is 14.0. The molecule has 6 heteroatoms. The molecule has 1 fully saturated rings. The Bertz CT molecular complexity index is 456. The number of hydrogen-bond donors (Lipinski definition) is 1. The Morgan fingerprint density at radius 1 is 1.62 bits per heavy atom. The number of halogens is 1. The number of nitrogens with zero attached hydrogens (tertiary/aromatic N) is 1. The minimum absolute atomic E-state index is 0.0401. The lowest BCUT2D eigenvalue weighted by molar-refractivity contribution is 0.0166. The van der Waals surface area contributed by atoms with Crippen LogP contribution in [-0.4, -0.2) is 42.9 Å². The molecular formula is C15H23BrN2O3. The van der Waals surface area contributed by atoms with Crippen LogP contribution in [0.4, 0.5) is 0 Å². The highest BCUT2D eigenvalue weighted by Gasteiger charge is 2.15. The third kappa shape index (κ3) is 5.13. The third-order valence-electron chi connectivity index (χ3n) is 3.52. The third-order valence-corrected chi connectivity index (χ3v) is 3.95. The summed E-state index contributed by atoms with van der Waals surface area (Å²) < 4.78 is 13.9. The van der Waals surface area contributed by atoms with E-state index < -0.39 is 0 Å². The van der Waals surface area contributed by atoms with Gasteiger partial charge in [-0.15, -0.1) is 0 Å². The molecule has 1 aromatic rings. The topological polar surface area (TPSA) is 52.5 Å². The highest BCUT2D eigenvalue weighted by molar-refractivity contribution is 9.10. The van der Waals surface area contributed by atoms with Gasteiger partial charge < -0.3 is 19.4 Å². The summed E-state index contributed by atoms with van der Waals surface area (Å²) in [6, 6.07) is 1.84. The zero-order chi connectivity index (χ0) is 15.1. The zero-order valence-electron chi connectivity index (χ0n) is 12.4. The van der Waals surface area contributed by atoms with Crippen LogP contribution in [0.5, 0.6) is 0 Å². The van der Waals surface area contributed by atoms with E-state index in [9.17, 15) is 4.79 Å². The minimum atomic E-state index is -0.0401. The first-order valence-electron chi connectivity index (χ1n) is 7.54. The Kier molecular flexibility index (Phi) is 6.73. The van der Waals surface area contributed by atoms with Crippen molar-refractivity contribution in [1.29, 1.82) is 0 Å². The minimum Gasteiger partial charge on any atom is -0.379 e. The van der Waals surface area contributed by atoms with Gasteiger partial charge in [0.1, 0.15) is 5.69 Å². The Balaban J connectivity index is 1.60. The monoisotopic (exact) mass is 358 g/mol. The van der Waals surface area contributed by atoms with Crippen molar-refractivity contribution < 1.29 is 14.3 Å². The second kappa shape index (κ2) is 8.56. The molecule has 1 aliphatic rings. The van der Waals surface area contributed by atoms with Crippen molar-refractivity contribution in [3.63, 3.8) is 0 Å². The van der Waals surface area contributed by atoms with E-state index in [0.717, 1.165) is 36.9 Å². The number of carbonyl (C=O) groups is 1. The molecule has 1 aliphatic heterocycles. The van der Waals surface area contributed by atoms with Gasteiger partial charge in [-0.05, 0) is 48.2 Å². The average Bonchev–Trinajstić information content (AvgIpc) is 3.11. The lowest BCUT2D eigenvalue weighted by atomic mass is 10.2. The van der Waals surface area contributed by atoms with E-state index >= 15 is 0 Å². The predicted molar refractivity (Wildman–Crippen MR) is 84.5 cm³/mol. The van der Waals surface area contributed by atoms with Crippen LogP contribution in [0.25, 0.3) is 0 Å². The molecule has 1 N–H and O–H groups in total. The van der Waals surface area contributed by atoms with Crippen LogP contribution in [0.3, 0.4) is 0 Å². The Morgan fingerprint density at radius 2 is 2.48 bits per heavy atom. The SMILES string of the molecule is CCn1cc(Br)cc1C(=O)NCCCOCC1CCCO1. The first-order chi connectivity index (χ1) is 10.2. The van der Waals surface area contributed by atoms with Gasteiger partial charge >= 0.3 is 0 Å². The van der Waals surface area contributed by atoms with E-state index in [0.29, 0.717) is 25.5 Å². The quantitative estimate of drug-likeness (QED) is 0.726. The Morgan fingerprint density at radius 3 is 3.19 bits per heavy atom. The van der Waals surface area contributed by atoms with Crippen molar-refractivity contribution >= 4 is 21.8 Å². The first kappa shape index (κ1) is 16.5. The molecule has 2 rings (SSSR count). The van der Waals surface area contributed by atoms with Gasteiger partial charge in [-0.1, -0.05) is 0 Å². The fourth-order valence-electron chi connectivity index (χ4n) is 2.38. The summed E-state index contributed by atoms with van der Waals surface area (Å²) in [5, 5.41) is 2.92. The molecule has 1 atom stereocenters. The predicted octanol–water partition coefficient (Wildman–Crippen LogP) is 2.59. The van der Waals surface area contributed by atoms with Crippen LogP contribution >= 0.6 is 15.9 Å². The first-order valence-corrected chi connectivity index (χ1v) is 8.33. The molecule has 2 heterocycles. The number of carbonyl (C=O) groups excluding carboxylic acids is 1. The van der Waals surface area contributed by atoms with Crippen LogP contribution in [0, 0.1) is 0 Å². The fraction of sp³-hybridized carbons (Fsp3) is 0.667. The van der Waals surface area contributed by atoms with Crippen molar-refractivity contribution in [2.24, 2.45) is 0 Å². The molecule has 1 amide bonds. The summed E-state index contributed by atoms with van der Waals surface area (Å²) in [5.41, 5.74) is 0.685. The van der Waals surface area contributed by atoms with Gasteiger partial charge in [-0.25, -0.2) is 0 Å². The molecule has 1 saturated heterocycles. The number of nitrogens with one attached hydrogen (secondary N) is 1. The molecule has 0 radical (unpaired) electrons. The lowest BCUT2D eigenvalue weighted by Gasteiger charge is -2.10. The molecule has 5 nitrogen and oxygen atoms in total. The van der Waals surface area contributed by atoms with Crippen LogP contribution in [0.2, 0.25) is 0 Å². The maximum atomic E-state index is 12.1. The summed E-state index contributed by atoms with van der Waals surface area (Å²) in [5.74, 6) is -0.0401. The van der Waals surface area contributed by atoms with Gasteiger partial charge in [-0.2, -0.15) is 0 Å². The number of hydrogen-bond acceptors (Lipinski definition) is 3. The smallest absolute Gasteiger partial charge is 0.267 e. The lowest BCUT2D eigenvalue weighted by Crippen LogP contribution is -2.27. The van der Waals surface area contributed by atoms with Crippen LogP contribution in [-0.2, 0) is 16.0 Å². The summed E-state index contributed by atoms with van der Waals surface area (Å²) in [6.45, 7) is 5.59. The summed E-state index contributed by atoms with van der Waals surface area (Å²) >= 11 is 3.39. The van der Waals surface area contributed by atoms with E-state index in [-0.39, 0.29) is 12.0 Å². The fourth-order valence-corrected chi connectivity index (χ4v) is 2.85. The van der Waals surface area contributed by atoms with Crippen molar-refractivity contribution in [2.45, 2.75) is 38.8 Å². The number of rotatable bonds is 8. The Labute approximate surface area is 134 Å². The van der Waals surface area contributed by atoms with E-state index in [1.807, 2.05) is 23.8 Å². The number of aryl methyl sites for hydroxylation is 1. The number of ether oxygens (including phenoxy) is 2. The van der Waals surface area contributed by atoms with Gasteiger partial charge in [-0.3, -0.25) is 4.79 Å². The molecule has 0 saturated carbocycles. The second-order valence-electron chi connectivity index (χ2n) is 5.15. The normalized spacial score (nSPS) is 18.1. The highest BCUT2D eigenvalue weighted by atomic mass is 79.9. The summed E-state index contributed by atoms with van der Waals surface area (Å²) in [7, 11) is 0. The number of amides is 1.